The molecule has 0 radical (unpaired) electrons. The highest BCUT2D eigenvalue weighted by atomic mass is 19.2. The molecule has 3 aliphatic rings. The number of nitrogens with one attached hydrogen (secondary N) is 6. The van der Waals surface area contributed by atoms with E-state index >= 15 is 0 Å². The van der Waals surface area contributed by atoms with Gasteiger partial charge in [-0.25, -0.2) is 50.1 Å². The first kappa shape index (κ1) is 52.9. The topological polar surface area (TPSA) is 126 Å². The lowest BCUT2D eigenvalue weighted by Crippen LogP contribution is -2.31. The van der Waals surface area contributed by atoms with Crippen LogP contribution in [0.2, 0.25) is 0 Å². The maximum absolute atomic E-state index is 13.9. The van der Waals surface area contributed by atoms with E-state index in [0.29, 0.717) is 47.3 Å². The summed E-state index contributed by atoms with van der Waals surface area (Å²) in [5.41, 5.74) is 10.6. The number of likely N-dealkylation sites (N-methyl/N-ethyl adjacent to an activating group) is 3. The average molecular weight is 1060 g/mol. The Bertz CT molecular complexity index is 3660. The van der Waals surface area contributed by atoms with Gasteiger partial charge in [0.15, 0.2) is 29.1 Å². The van der Waals surface area contributed by atoms with E-state index in [1.165, 1.54) is 45.9 Å². The molecule has 3 aromatic carbocycles. The molecule has 0 amide bonds. The minimum Gasteiger partial charge on any atom is -0.340 e. The number of halogens is 8. The quantitative estimate of drug-likeness (QED) is 0.0476. The number of hydrogen-bond donors (Lipinski definition) is 6. The van der Waals surface area contributed by atoms with Crippen LogP contribution in [0, 0.1) is 46.5 Å². The normalized spacial score (nSPS) is 16.8. The molecule has 77 heavy (non-hydrogen) atoms. The fourth-order valence-corrected chi connectivity index (χ4v) is 11.1. The van der Waals surface area contributed by atoms with Crippen molar-refractivity contribution in [1.29, 1.82) is 0 Å². The second kappa shape index (κ2) is 21.8. The van der Waals surface area contributed by atoms with Crippen molar-refractivity contribution in [1.82, 2.24) is 44.6 Å². The van der Waals surface area contributed by atoms with Crippen molar-refractivity contribution in [2.75, 3.05) is 37.1 Å². The number of aryl methyl sites for hydroxylation is 3. The molecule has 9 aromatic rings. The number of aromatic nitrogens is 6. The SMILES string of the molecule is CNC1CCc2c(c3ccc(Nc4cc(F)c(F)c(F)c4)nc3n2C)C1.CNC1CCc2c(c3ccc(Nc4cc(F)c(F)cc4F)nc3n2C)C1.CNC1CCc2c(c3ccc(Nc4cc(F)cc(F)c4)nc3n2C)C1. The molecule has 20 heteroatoms. The highest BCUT2D eigenvalue weighted by Gasteiger charge is 2.27. The summed E-state index contributed by atoms with van der Waals surface area (Å²) in [4.78, 5) is 13.8. The van der Waals surface area contributed by atoms with Crippen LogP contribution in [0.4, 0.5) is 69.6 Å². The third-order valence-corrected chi connectivity index (χ3v) is 15.2. The summed E-state index contributed by atoms with van der Waals surface area (Å²) in [5, 5.41) is 21.9. The van der Waals surface area contributed by atoms with E-state index in [-0.39, 0.29) is 11.4 Å². The van der Waals surface area contributed by atoms with Crippen LogP contribution < -0.4 is 31.9 Å². The Labute approximate surface area is 439 Å². The van der Waals surface area contributed by atoms with Gasteiger partial charge in [-0.3, -0.25) is 0 Å². The zero-order chi connectivity index (χ0) is 54.4. The van der Waals surface area contributed by atoms with Crippen molar-refractivity contribution in [2.45, 2.75) is 75.9 Å². The Morgan fingerprint density at radius 2 is 0.779 bits per heavy atom. The number of benzene rings is 3. The second-order valence-corrected chi connectivity index (χ2v) is 19.9. The third-order valence-electron chi connectivity index (χ3n) is 15.2. The molecule has 3 aliphatic carbocycles. The Morgan fingerprint density at radius 3 is 1.17 bits per heavy atom. The molecular weight excluding hydrogens is 1000 g/mol. The molecule has 0 saturated carbocycles. The Morgan fingerprint density at radius 1 is 0.416 bits per heavy atom. The number of fused-ring (bicyclic) bond motifs is 9. The summed E-state index contributed by atoms with van der Waals surface area (Å²) < 4.78 is 113. The molecule has 0 fully saturated rings. The number of pyridine rings is 3. The maximum Gasteiger partial charge on any atom is 0.194 e. The van der Waals surface area contributed by atoms with Crippen LogP contribution in [0.15, 0.2) is 78.9 Å². The fraction of sp³-hybridized carbons (Fsp3) is 0.316. The molecule has 0 saturated heterocycles. The molecule has 0 aliphatic heterocycles. The van der Waals surface area contributed by atoms with Crippen LogP contribution in [0.3, 0.4) is 0 Å². The zero-order valence-electron chi connectivity index (χ0n) is 43.3. The number of nitrogens with zero attached hydrogens (tertiary/aromatic N) is 6. The fourth-order valence-electron chi connectivity index (χ4n) is 11.1. The van der Waals surface area contributed by atoms with E-state index < -0.39 is 46.5 Å². The number of hydrogen-bond acceptors (Lipinski definition) is 9. The van der Waals surface area contributed by atoms with Crippen molar-refractivity contribution in [3.63, 3.8) is 0 Å². The van der Waals surface area contributed by atoms with Gasteiger partial charge in [0.2, 0.25) is 0 Å². The summed E-state index contributed by atoms with van der Waals surface area (Å²) in [6.45, 7) is 0. The molecule has 402 valence electrons. The Balaban J connectivity index is 0.000000131. The monoisotopic (exact) mass is 1060 g/mol. The maximum atomic E-state index is 13.9. The standard InChI is InChI=1S/2C19H19F3N4.C19H20F2N4/c1-23-10-3-5-16-13(7-10)12-4-6-17(25-19(12)26(16)2)24-11-8-14(20)18(22)15(21)9-11;1-23-10-3-5-17-12(7-10)11-4-6-18(25-19(11)26(17)2)24-16-9-14(21)13(20)8-15(16)22;1-22-13-3-5-17-16(10-13)15-4-6-18(24-19(15)25(17)2)23-14-8-11(20)7-12(21)9-14/h2*4,6,8-10,23H,3,5,7H2,1-2H3,(H,24,25);4,6-9,13,22H,3,5,10H2,1-2H3,(H,23,24). The molecule has 6 aromatic heterocycles. The van der Waals surface area contributed by atoms with Crippen molar-refractivity contribution >= 4 is 67.6 Å². The van der Waals surface area contributed by atoms with Crippen molar-refractivity contribution in [2.24, 2.45) is 21.1 Å². The van der Waals surface area contributed by atoms with Gasteiger partial charge in [-0.1, -0.05) is 0 Å². The smallest absolute Gasteiger partial charge is 0.194 e. The van der Waals surface area contributed by atoms with Gasteiger partial charge in [0, 0.05) is 114 Å². The summed E-state index contributed by atoms with van der Waals surface area (Å²) in [5.74, 6) is -6.97. The van der Waals surface area contributed by atoms with E-state index in [1.807, 2.05) is 66.6 Å². The third kappa shape index (κ3) is 10.7. The van der Waals surface area contributed by atoms with E-state index in [9.17, 15) is 35.1 Å². The van der Waals surface area contributed by atoms with Crippen LogP contribution >= 0.6 is 0 Å². The highest BCUT2D eigenvalue weighted by Crippen LogP contribution is 2.36. The Kier molecular flexibility index (Phi) is 15.0. The van der Waals surface area contributed by atoms with Gasteiger partial charge in [-0.05, 0) is 144 Å². The first-order valence-corrected chi connectivity index (χ1v) is 25.5. The lowest BCUT2D eigenvalue weighted by molar-refractivity contribution is 0.448. The van der Waals surface area contributed by atoms with Crippen LogP contribution in [-0.2, 0) is 59.7 Å². The molecule has 3 atom stereocenters. The highest BCUT2D eigenvalue weighted by molar-refractivity contribution is 5.87. The minimum absolute atomic E-state index is 0.113. The molecule has 6 heterocycles. The number of anilines is 6. The van der Waals surface area contributed by atoms with Gasteiger partial charge >= 0.3 is 0 Å². The minimum atomic E-state index is -1.48. The zero-order valence-corrected chi connectivity index (χ0v) is 43.3. The first-order valence-electron chi connectivity index (χ1n) is 25.5. The molecule has 0 spiro atoms. The van der Waals surface area contributed by atoms with Gasteiger partial charge in [-0.2, -0.15) is 0 Å². The average Bonchev–Trinajstić information content (AvgIpc) is 3.98. The Hall–Kier alpha value is -7.55. The van der Waals surface area contributed by atoms with Crippen molar-refractivity contribution in [3.05, 3.63) is 159 Å². The van der Waals surface area contributed by atoms with Gasteiger partial charge in [0.05, 0.1) is 5.69 Å². The van der Waals surface area contributed by atoms with Gasteiger partial charge < -0.3 is 45.6 Å². The molecular formula is C57H58F8N12. The molecule has 6 N–H and O–H groups in total. The molecule has 12 rings (SSSR count). The predicted octanol–water partition coefficient (Wildman–Crippen LogP) is 11.3. The van der Waals surface area contributed by atoms with Crippen LogP contribution in [0.25, 0.3) is 33.1 Å². The molecule has 3 unspecified atom stereocenters. The van der Waals surface area contributed by atoms with E-state index in [0.717, 1.165) is 115 Å². The van der Waals surface area contributed by atoms with Gasteiger partial charge in [0.25, 0.3) is 0 Å². The summed E-state index contributed by atoms with van der Waals surface area (Å²) >= 11 is 0. The molecule has 12 nitrogen and oxygen atoms in total. The van der Waals surface area contributed by atoms with E-state index in [1.54, 1.807) is 12.1 Å². The van der Waals surface area contributed by atoms with Crippen molar-refractivity contribution in [3.8, 4) is 0 Å². The van der Waals surface area contributed by atoms with Crippen molar-refractivity contribution < 1.29 is 35.1 Å². The second-order valence-electron chi connectivity index (χ2n) is 19.9. The summed E-state index contributed by atoms with van der Waals surface area (Å²) in [6, 6.07) is 19.2. The lowest BCUT2D eigenvalue weighted by Gasteiger charge is -2.22. The van der Waals surface area contributed by atoms with E-state index in [2.05, 4.69) is 60.6 Å². The van der Waals surface area contributed by atoms with Gasteiger partial charge in [-0.15, -0.1) is 0 Å². The summed E-state index contributed by atoms with van der Waals surface area (Å²) in [7, 11) is 11.9. The lowest BCUT2D eigenvalue weighted by atomic mass is 9.92. The summed E-state index contributed by atoms with van der Waals surface area (Å²) in [6.07, 6.45) is 9.10. The molecule has 0 bridgehead atoms. The number of rotatable bonds is 9. The van der Waals surface area contributed by atoms with Crippen LogP contribution in [0.1, 0.15) is 53.0 Å². The predicted molar refractivity (Wildman–Crippen MR) is 286 cm³/mol. The first-order chi connectivity index (χ1) is 37.0. The largest absolute Gasteiger partial charge is 0.340 e. The van der Waals surface area contributed by atoms with E-state index in [4.69, 9.17) is 0 Å². The van der Waals surface area contributed by atoms with Crippen LogP contribution in [0.5, 0.6) is 0 Å². The van der Waals surface area contributed by atoms with Gasteiger partial charge in [0.1, 0.15) is 51.8 Å². The van der Waals surface area contributed by atoms with Crippen LogP contribution in [-0.4, -0.2) is 67.9 Å².